The molecule has 1 heterocycles. The second kappa shape index (κ2) is 14.5. The summed E-state index contributed by atoms with van der Waals surface area (Å²) in [6, 6.07) is 11.4. The van der Waals surface area contributed by atoms with Gasteiger partial charge in [-0.25, -0.2) is 4.79 Å². The number of halogens is 1. The predicted octanol–water partition coefficient (Wildman–Crippen LogP) is 5.03. The van der Waals surface area contributed by atoms with Gasteiger partial charge in [0.05, 0.1) is 20.3 Å². The third-order valence-corrected chi connectivity index (χ3v) is 7.74. The fourth-order valence-electron chi connectivity index (χ4n) is 5.65. The Balaban J connectivity index is 1.58. The van der Waals surface area contributed by atoms with Crippen molar-refractivity contribution in [3.63, 3.8) is 0 Å². The lowest BCUT2D eigenvalue weighted by molar-refractivity contribution is 0.0802. The van der Waals surface area contributed by atoms with Crippen LogP contribution in [0.3, 0.4) is 0 Å². The zero-order valence-corrected chi connectivity index (χ0v) is 23.6. The van der Waals surface area contributed by atoms with Crippen molar-refractivity contribution in [3.05, 3.63) is 63.7 Å². The Bertz CT molecular complexity index is 1120. The normalized spacial score (nSPS) is 16.6. The van der Waals surface area contributed by atoms with Crippen molar-refractivity contribution in [1.82, 2.24) is 16.0 Å². The van der Waals surface area contributed by atoms with Gasteiger partial charge >= 0.3 is 6.09 Å². The summed E-state index contributed by atoms with van der Waals surface area (Å²) in [6.45, 7) is 1.76. The molecule has 0 radical (unpaired) electrons. The Morgan fingerprint density at radius 3 is 2.69 bits per heavy atom. The maximum atomic E-state index is 13.7. The highest BCUT2D eigenvalue weighted by molar-refractivity contribution is 6.30. The Labute approximate surface area is 236 Å². The second-order valence-corrected chi connectivity index (χ2v) is 10.8. The van der Waals surface area contributed by atoms with Crippen LogP contribution in [0.1, 0.15) is 71.7 Å². The Morgan fingerprint density at radius 2 is 1.95 bits per heavy atom. The molecule has 212 valence electrons. The van der Waals surface area contributed by atoms with Crippen LogP contribution >= 0.6 is 11.6 Å². The van der Waals surface area contributed by atoms with E-state index in [2.05, 4.69) is 20.7 Å². The topological polar surface area (TPSA) is 97.9 Å². The number of hydrogen-bond donors (Lipinski definition) is 3. The zero-order valence-electron chi connectivity index (χ0n) is 22.9. The molecule has 0 aromatic heterocycles. The van der Waals surface area contributed by atoms with E-state index in [9.17, 15) is 9.59 Å². The molecule has 39 heavy (non-hydrogen) atoms. The molecular formula is C30H40ClN3O5. The van der Waals surface area contributed by atoms with Crippen molar-refractivity contribution in [2.75, 3.05) is 40.5 Å². The number of methoxy groups -OCH3 is 1. The number of rotatable bonds is 12. The molecule has 0 spiro atoms. The molecule has 3 N–H and O–H groups in total. The number of amides is 2. The summed E-state index contributed by atoms with van der Waals surface area (Å²) < 4.78 is 16.8. The number of benzene rings is 2. The van der Waals surface area contributed by atoms with Crippen LogP contribution in [0.5, 0.6) is 5.75 Å². The highest BCUT2D eigenvalue weighted by Gasteiger charge is 2.27. The van der Waals surface area contributed by atoms with Gasteiger partial charge in [0.1, 0.15) is 11.9 Å². The quantitative estimate of drug-likeness (QED) is 0.317. The molecule has 2 aromatic carbocycles. The van der Waals surface area contributed by atoms with E-state index in [1.807, 2.05) is 37.4 Å². The highest BCUT2D eigenvalue weighted by Crippen LogP contribution is 2.36. The molecule has 4 rings (SSSR count). The first-order valence-electron chi connectivity index (χ1n) is 13.9. The minimum Gasteiger partial charge on any atom is -0.493 e. The summed E-state index contributed by atoms with van der Waals surface area (Å²) in [5.74, 6) is 1.27. The molecule has 8 nitrogen and oxygen atoms in total. The first-order chi connectivity index (χ1) is 19.0. The lowest BCUT2D eigenvalue weighted by atomic mass is 9.84. The van der Waals surface area contributed by atoms with Crippen LogP contribution in [0.25, 0.3) is 0 Å². The lowest BCUT2D eigenvalue weighted by Gasteiger charge is -2.27. The van der Waals surface area contributed by atoms with Crippen LogP contribution in [-0.4, -0.2) is 58.5 Å². The van der Waals surface area contributed by atoms with E-state index >= 15 is 0 Å². The molecule has 1 unspecified atom stereocenters. The molecule has 1 aliphatic carbocycles. The smallest absolute Gasteiger partial charge is 0.406 e. The monoisotopic (exact) mass is 557 g/mol. The summed E-state index contributed by atoms with van der Waals surface area (Å²) >= 11 is 6.32. The van der Waals surface area contributed by atoms with Crippen molar-refractivity contribution in [3.8, 4) is 5.75 Å². The number of likely N-dealkylation sites (N-methyl/N-ethyl adjacent to an activating group) is 1. The largest absolute Gasteiger partial charge is 0.493 e. The minimum atomic E-state index is -0.521. The van der Waals surface area contributed by atoms with Gasteiger partial charge in [-0.3, -0.25) is 4.79 Å². The maximum Gasteiger partial charge on any atom is 0.406 e. The molecule has 1 saturated carbocycles. The average Bonchev–Trinajstić information content (AvgIpc) is 3.42. The van der Waals surface area contributed by atoms with E-state index in [4.69, 9.17) is 21.1 Å². The van der Waals surface area contributed by atoms with Gasteiger partial charge in [-0.1, -0.05) is 55.8 Å². The summed E-state index contributed by atoms with van der Waals surface area (Å²) in [7, 11) is 3.24. The number of hydrogen-bond acceptors (Lipinski definition) is 6. The summed E-state index contributed by atoms with van der Waals surface area (Å²) in [4.78, 5) is 25.2. The van der Waals surface area contributed by atoms with E-state index in [1.165, 1.54) is 39.2 Å². The summed E-state index contributed by atoms with van der Waals surface area (Å²) in [5.41, 5.74) is 3.18. The van der Waals surface area contributed by atoms with Crippen molar-refractivity contribution in [2.45, 2.75) is 57.1 Å². The molecule has 2 aromatic rings. The number of carbonyl (C=O) groups is 2. The van der Waals surface area contributed by atoms with Gasteiger partial charge in [0, 0.05) is 41.7 Å². The van der Waals surface area contributed by atoms with Crippen molar-refractivity contribution in [2.24, 2.45) is 5.92 Å². The van der Waals surface area contributed by atoms with Crippen molar-refractivity contribution in [1.29, 1.82) is 0 Å². The highest BCUT2D eigenvalue weighted by atomic mass is 35.5. The zero-order chi connectivity index (χ0) is 27.6. The van der Waals surface area contributed by atoms with Crippen LogP contribution in [-0.2, 0) is 15.9 Å². The van der Waals surface area contributed by atoms with Gasteiger partial charge in [-0.05, 0) is 54.8 Å². The first-order valence-corrected chi connectivity index (χ1v) is 14.3. The lowest BCUT2D eigenvalue weighted by Crippen LogP contribution is -2.43. The van der Waals surface area contributed by atoms with Crippen LogP contribution in [0, 0.1) is 5.92 Å². The number of nitrogens with one attached hydrogen (secondary N) is 3. The van der Waals surface area contributed by atoms with E-state index < -0.39 is 12.2 Å². The van der Waals surface area contributed by atoms with E-state index in [0.717, 1.165) is 29.7 Å². The fraction of sp³-hybridized carbons (Fsp3) is 0.533. The van der Waals surface area contributed by atoms with Crippen LogP contribution < -0.4 is 20.7 Å². The molecule has 2 atom stereocenters. The predicted molar refractivity (Wildman–Crippen MR) is 152 cm³/mol. The molecule has 0 saturated heterocycles. The van der Waals surface area contributed by atoms with Gasteiger partial charge < -0.3 is 30.2 Å². The third-order valence-electron chi connectivity index (χ3n) is 7.51. The van der Waals surface area contributed by atoms with Crippen molar-refractivity contribution < 1.29 is 23.8 Å². The van der Waals surface area contributed by atoms with Gasteiger partial charge in [0.2, 0.25) is 0 Å². The molecule has 1 fully saturated rings. The maximum absolute atomic E-state index is 13.7. The molecule has 0 bridgehead atoms. The number of carbonyl (C=O) groups excluding carboxylic acids is 2. The molecule has 2 aliphatic rings. The van der Waals surface area contributed by atoms with E-state index in [-0.39, 0.29) is 25.1 Å². The number of ether oxygens (including phenoxy) is 3. The Morgan fingerprint density at radius 1 is 1.13 bits per heavy atom. The first kappa shape index (κ1) is 29.2. The molecule has 9 heteroatoms. The average molecular weight is 558 g/mol. The van der Waals surface area contributed by atoms with Gasteiger partial charge in [0.25, 0.3) is 5.91 Å². The number of fused-ring (bicyclic) bond motifs is 1. The number of alkyl carbamates (subject to hydrolysis) is 1. The SMILES string of the molecule is CNC[C@H](CC1CCCCC1)NC(=O)c1cc(C(OCCNC(=O)OC)c2cccc(Cl)c2)cc2c1CCO2. The van der Waals surface area contributed by atoms with Crippen molar-refractivity contribution >= 4 is 23.6 Å². The molecular weight excluding hydrogens is 518 g/mol. The fourth-order valence-corrected chi connectivity index (χ4v) is 5.85. The van der Waals surface area contributed by atoms with E-state index in [0.29, 0.717) is 35.3 Å². The Hall–Kier alpha value is -2.81. The Kier molecular flexibility index (Phi) is 10.9. The second-order valence-electron chi connectivity index (χ2n) is 10.3. The third kappa shape index (κ3) is 8.10. The van der Waals surface area contributed by atoms with Crippen LogP contribution in [0.15, 0.2) is 36.4 Å². The molecule has 1 aliphatic heterocycles. The minimum absolute atomic E-state index is 0.0524. The molecule has 2 amide bonds. The van der Waals surface area contributed by atoms with Gasteiger partial charge in [-0.15, -0.1) is 0 Å². The van der Waals surface area contributed by atoms with Gasteiger partial charge in [0.15, 0.2) is 0 Å². The van der Waals surface area contributed by atoms with Crippen LogP contribution in [0.4, 0.5) is 4.79 Å². The van der Waals surface area contributed by atoms with E-state index in [1.54, 1.807) is 6.07 Å². The standard InChI is InChI=1S/C30H40ClN3O5/c1-32-19-24(15-20-7-4-3-5-8-20)34-29(35)26-17-22(18-27-25(26)11-13-38-27)28(21-9-6-10-23(31)16-21)39-14-12-33-30(36)37-2/h6,9-10,16-18,20,24,28,32H,3-5,7-8,11-15,19H2,1-2H3,(H,33,36)(H,34,35)/t24-,28?/m0/s1. The summed E-state index contributed by atoms with van der Waals surface area (Å²) in [5, 5.41) is 9.79. The summed E-state index contributed by atoms with van der Waals surface area (Å²) in [6.07, 6.45) is 6.96. The van der Waals surface area contributed by atoms with Gasteiger partial charge in [-0.2, -0.15) is 0 Å². The van der Waals surface area contributed by atoms with Crippen LogP contribution in [0.2, 0.25) is 5.02 Å².